The fraction of sp³-hybridized carbons (Fsp3) is 0.538. The molecule has 1 saturated heterocycles. The van der Waals surface area contributed by atoms with Gasteiger partial charge in [-0.25, -0.2) is 9.97 Å². The van der Waals surface area contributed by atoms with Crippen LogP contribution in [0.25, 0.3) is 0 Å². The second-order valence-electron chi connectivity index (χ2n) is 5.51. The molecule has 0 aromatic carbocycles. The van der Waals surface area contributed by atoms with E-state index in [0.717, 1.165) is 6.54 Å². The molecule has 3 heterocycles. The molecule has 0 aliphatic carbocycles. The quantitative estimate of drug-likeness (QED) is 0.896. The highest BCUT2D eigenvalue weighted by Crippen LogP contribution is 2.33. The minimum atomic E-state index is -4.54. The molecule has 1 atom stereocenters. The maximum atomic E-state index is 12.9. The summed E-state index contributed by atoms with van der Waals surface area (Å²) in [5.74, 6) is -0.141. The van der Waals surface area contributed by atoms with Crippen molar-refractivity contribution in [3.63, 3.8) is 0 Å². The summed E-state index contributed by atoms with van der Waals surface area (Å²) in [6, 6.07) is 1.60. The van der Waals surface area contributed by atoms with Crippen LogP contribution in [0.4, 0.5) is 24.8 Å². The van der Waals surface area contributed by atoms with E-state index in [1.807, 2.05) is 11.1 Å². The van der Waals surface area contributed by atoms with E-state index in [-0.39, 0.29) is 5.82 Å². The predicted octanol–water partition coefficient (Wildman–Crippen LogP) is 1.48. The molecule has 1 N–H and O–H groups in total. The molecule has 114 valence electrons. The van der Waals surface area contributed by atoms with Crippen LogP contribution in [0, 0.1) is 5.92 Å². The van der Waals surface area contributed by atoms with Crippen LogP contribution >= 0.6 is 0 Å². The lowest BCUT2D eigenvalue weighted by molar-refractivity contribution is -0.144. The molecule has 0 saturated carbocycles. The van der Waals surface area contributed by atoms with Crippen molar-refractivity contribution in [1.82, 2.24) is 15.3 Å². The molecule has 1 aromatic heterocycles. The van der Waals surface area contributed by atoms with Crippen molar-refractivity contribution in [2.24, 2.45) is 5.92 Å². The van der Waals surface area contributed by atoms with Crippen molar-refractivity contribution in [2.75, 3.05) is 43.5 Å². The van der Waals surface area contributed by atoms with Gasteiger partial charge >= 0.3 is 6.18 Å². The van der Waals surface area contributed by atoms with Gasteiger partial charge < -0.3 is 15.1 Å². The molecule has 0 spiro atoms. The smallest absolute Gasteiger partial charge is 0.390 e. The van der Waals surface area contributed by atoms with Crippen molar-refractivity contribution < 1.29 is 13.2 Å². The summed E-state index contributed by atoms with van der Waals surface area (Å²) in [4.78, 5) is 10.7. The van der Waals surface area contributed by atoms with E-state index in [0.29, 0.717) is 24.8 Å². The van der Waals surface area contributed by atoms with Crippen molar-refractivity contribution in [2.45, 2.75) is 6.18 Å². The number of hydrogen-bond acceptors (Lipinski definition) is 5. The number of halogens is 3. The first kappa shape index (κ1) is 14.0. The van der Waals surface area contributed by atoms with E-state index >= 15 is 0 Å². The van der Waals surface area contributed by atoms with E-state index < -0.39 is 12.0 Å². The minimum absolute atomic E-state index is 0.261. The highest BCUT2D eigenvalue weighted by molar-refractivity contribution is 5.53. The summed E-state index contributed by atoms with van der Waals surface area (Å²) in [7, 11) is 3.33. The van der Waals surface area contributed by atoms with Gasteiger partial charge in [0.2, 0.25) is 5.82 Å². The van der Waals surface area contributed by atoms with Crippen LogP contribution in [-0.2, 0) is 6.18 Å². The molecular weight excluding hydrogens is 283 g/mol. The van der Waals surface area contributed by atoms with Gasteiger partial charge in [-0.1, -0.05) is 0 Å². The van der Waals surface area contributed by atoms with Gasteiger partial charge in [-0.15, -0.1) is 0 Å². The number of alkyl halides is 3. The molecular formula is C13H16F3N5. The molecule has 5 nitrogen and oxygen atoms in total. The number of fused-ring (bicyclic) bond motifs is 1. The Morgan fingerprint density at radius 2 is 2.10 bits per heavy atom. The highest BCUT2D eigenvalue weighted by Gasteiger charge is 2.37. The van der Waals surface area contributed by atoms with Gasteiger partial charge in [-0.05, 0) is 11.8 Å². The van der Waals surface area contributed by atoms with E-state index in [2.05, 4.69) is 15.3 Å². The number of rotatable bonds is 2. The van der Waals surface area contributed by atoms with Crippen LogP contribution < -0.4 is 15.1 Å². The fourth-order valence-corrected chi connectivity index (χ4v) is 2.60. The zero-order chi connectivity index (χ0) is 15.2. The highest BCUT2D eigenvalue weighted by atomic mass is 19.4. The van der Waals surface area contributed by atoms with E-state index in [1.165, 1.54) is 5.57 Å². The average Bonchev–Trinajstić information content (AvgIpc) is 2.97. The summed E-state index contributed by atoms with van der Waals surface area (Å²) < 4.78 is 38.8. The van der Waals surface area contributed by atoms with Crippen LogP contribution in [0.2, 0.25) is 0 Å². The fourth-order valence-electron chi connectivity index (χ4n) is 2.60. The third-order valence-electron chi connectivity index (χ3n) is 3.73. The third-order valence-corrected chi connectivity index (χ3v) is 3.73. The van der Waals surface area contributed by atoms with Crippen molar-refractivity contribution >= 4 is 11.6 Å². The van der Waals surface area contributed by atoms with Gasteiger partial charge in [-0.2, -0.15) is 13.2 Å². The lowest BCUT2D eigenvalue weighted by Gasteiger charge is -2.21. The number of nitrogens with zero attached hydrogens (tertiary/aromatic N) is 4. The SMILES string of the molecule is CN(C)c1cc(N2CC3=CNCC3C2)nc(C(F)(F)F)n1. The molecule has 0 amide bonds. The molecule has 1 fully saturated rings. The standard InChI is InChI=1S/C13H16F3N5/c1-20(2)10-3-11(19-12(18-10)13(14,15)16)21-6-8-4-17-5-9(8)7-21/h3-4,9,17H,5-7H2,1-2H3. The van der Waals surface area contributed by atoms with E-state index in [9.17, 15) is 13.2 Å². The Balaban J connectivity index is 1.96. The Bertz CT molecular complexity index is 582. The monoisotopic (exact) mass is 299 g/mol. The molecule has 1 unspecified atom stereocenters. The lowest BCUT2D eigenvalue weighted by Crippen LogP contribution is -2.26. The van der Waals surface area contributed by atoms with Crippen molar-refractivity contribution in [3.8, 4) is 0 Å². The van der Waals surface area contributed by atoms with E-state index in [1.54, 1.807) is 25.1 Å². The number of hydrogen-bond donors (Lipinski definition) is 1. The topological polar surface area (TPSA) is 44.3 Å². The van der Waals surface area contributed by atoms with Crippen molar-refractivity contribution in [1.29, 1.82) is 0 Å². The normalized spacial score (nSPS) is 21.1. The number of anilines is 2. The van der Waals surface area contributed by atoms with Gasteiger partial charge in [0.15, 0.2) is 0 Å². The zero-order valence-corrected chi connectivity index (χ0v) is 11.8. The van der Waals surface area contributed by atoms with Crippen molar-refractivity contribution in [3.05, 3.63) is 23.7 Å². The average molecular weight is 299 g/mol. The maximum Gasteiger partial charge on any atom is 0.451 e. The van der Waals surface area contributed by atoms with Crippen LogP contribution in [0.15, 0.2) is 17.8 Å². The van der Waals surface area contributed by atoms with Crippen LogP contribution in [-0.4, -0.2) is 43.7 Å². The molecule has 2 aliphatic heterocycles. The Morgan fingerprint density at radius 1 is 1.33 bits per heavy atom. The molecule has 1 aromatic rings. The van der Waals surface area contributed by atoms with Gasteiger partial charge in [0.05, 0.1) is 0 Å². The molecule has 3 rings (SSSR count). The molecule has 0 bridgehead atoms. The second kappa shape index (κ2) is 4.78. The Hall–Kier alpha value is -1.99. The minimum Gasteiger partial charge on any atom is -0.390 e. The summed E-state index contributed by atoms with van der Waals surface area (Å²) in [5, 5.41) is 3.15. The van der Waals surface area contributed by atoms with Crippen LogP contribution in [0.5, 0.6) is 0 Å². The molecule has 0 radical (unpaired) electrons. The van der Waals surface area contributed by atoms with Gasteiger partial charge in [0, 0.05) is 45.7 Å². The number of aromatic nitrogens is 2. The lowest BCUT2D eigenvalue weighted by atomic mass is 10.1. The number of nitrogens with one attached hydrogen (secondary N) is 1. The summed E-state index contributed by atoms with van der Waals surface area (Å²) in [5.41, 5.74) is 1.22. The van der Waals surface area contributed by atoms with Crippen LogP contribution in [0.3, 0.4) is 0 Å². The third kappa shape index (κ3) is 2.62. The van der Waals surface area contributed by atoms with Gasteiger partial charge in [-0.3, -0.25) is 0 Å². The summed E-state index contributed by atoms with van der Waals surface area (Å²) in [6.45, 7) is 2.13. The van der Waals surface area contributed by atoms with E-state index in [4.69, 9.17) is 0 Å². The van der Waals surface area contributed by atoms with Gasteiger partial charge in [0.1, 0.15) is 11.6 Å². The maximum absolute atomic E-state index is 12.9. The first-order valence-electron chi connectivity index (χ1n) is 6.65. The van der Waals surface area contributed by atoms with Gasteiger partial charge in [0.25, 0.3) is 0 Å². The molecule has 2 aliphatic rings. The molecule has 8 heteroatoms. The summed E-state index contributed by atoms with van der Waals surface area (Å²) in [6.07, 6.45) is -2.60. The Morgan fingerprint density at radius 3 is 2.71 bits per heavy atom. The Kier molecular flexibility index (Phi) is 3.18. The zero-order valence-electron chi connectivity index (χ0n) is 11.8. The predicted molar refractivity (Wildman–Crippen MR) is 73.1 cm³/mol. The largest absolute Gasteiger partial charge is 0.451 e. The Labute approximate surface area is 120 Å². The first-order chi connectivity index (χ1) is 9.84. The first-order valence-corrected chi connectivity index (χ1v) is 6.65. The second-order valence-corrected chi connectivity index (χ2v) is 5.51. The molecule has 21 heavy (non-hydrogen) atoms. The summed E-state index contributed by atoms with van der Waals surface area (Å²) >= 11 is 0. The van der Waals surface area contributed by atoms with Crippen LogP contribution in [0.1, 0.15) is 5.82 Å².